The van der Waals surface area contributed by atoms with Crippen molar-refractivity contribution in [3.63, 3.8) is 0 Å². The van der Waals surface area contributed by atoms with Crippen molar-refractivity contribution in [1.29, 1.82) is 0 Å². The van der Waals surface area contributed by atoms with E-state index in [1.54, 1.807) is 0 Å². The lowest BCUT2D eigenvalue weighted by atomic mass is 9.78. The molecule has 1 heterocycles. The zero-order chi connectivity index (χ0) is 31.6. The predicted octanol–water partition coefficient (Wildman–Crippen LogP) is 7.74. The van der Waals surface area contributed by atoms with Crippen LogP contribution in [0.1, 0.15) is 27.9 Å². The molecule has 0 bridgehead atoms. The molecule has 0 aliphatic carbocycles. The van der Waals surface area contributed by atoms with Gasteiger partial charge in [-0.1, -0.05) is 60.1 Å². The Morgan fingerprint density at radius 2 is 1.47 bits per heavy atom. The van der Waals surface area contributed by atoms with E-state index in [2.05, 4.69) is 10.3 Å². The van der Waals surface area contributed by atoms with Gasteiger partial charge in [0, 0.05) is 25.3 Å². The summed E-state index contributed by atoms with van der Waals surface area (Å²) in [7, 11) is 0.628. The van der Waals surface area contributed by atoms with Gasteiger partial charge in [-0.3, -0.25) is 9.78 Å². The number of ether oxygens (including phenoxy) is 1. The topological polar surface area (TPSA) is 51.2 Å². The number of alkyl halides is 6. The molecule has 1 aromatic heterocycles. The maximum absolute atomic E-state index is 15.0. The minimum absolute atomic E-state index is 0.0240. The van der Waals surface area contributed by atoms with Crippen molar-refractivity contribution in [3.05, 3.63) is 136 Å². The van der Waals surface area contributed by atoms with Crippen molar-refractivity contribution in [2.45, 2.75) is 29.9 Å². The number of nitrogens with zero attached hydrogens (tertiary/aromatic N) is 1. The van der Waals surface area contributed by atoms with E-state index < -0.39 is 64.1 Å². The summed E-state index contributed by atoms with van der Waals surface area (Å²) in [6.07, 6.45) is -10.3. The number of hydrogen-bond donors (Lipinski definition) is 1. The molecular formula is C30H21ClF8N2O2. The molecule has 0 aliphatic rings. The molecule has 1 amide bonds. The van der Waals surface area contributed by atoms with Crippen LogP contribution in [0.3, 0.4) is 0 Å². The Balaban J connectivity index is 2.08. The van der Waals surface area contributed by atoms with Crippen LogP contribution in [0.5, 0.6) is 0 Å². The summed E-state index contributed by atoms with van der Waals surface area (Å²) in [5.74, 6) is -4.22. The van der Waals surface area contributed by atoms with Gasteiger partial charge in [0.2, 0.25) is 0 Å². The normalized spacial score (nSPS) is 14.9. The number of amides is 1. The average Bonchev–Trinajstić information content (AvgIpc) is 2.94. The van der Waals surface area contributed by atoms with E-state index in [0.717, 1.165) is 30.5 Å². The standard InChI is InChI=1S/C30H21ClF8N2O2/c1-43-28(30(37,38)39,19-8-3-2-4-9-19)26(42)41-27(25-12-11-22(31)17-40-25,16-18-7-5-6-10-24(18)33)20-13-21(29(34,35)36)15-23(32)14-20/h2-15,17H,16H2,1H3,(H,41,42)/t27-,28-/m0/s1. The third kappa shape index (κ3) is 6.21. The van der Waals surface area contributed by atoms with Crippen LogP contribution in [-0.4, -0.2) is 24.2 Å². The number of halogens is 9. The average molecular weight is 629 g/mol. The van der Waals surface area contributed by atoms with Gasteiger partial charge in [-0.15, -0.1) is 0 Å². The Hall–Kier alpha value is -4.03. The lowest BCUT2D eigenvalue weighted by Crippen LogP contribution is -2.61. The highest BCUT2D eigenvalue weighted by Crippen LogP contribution is 2.45. The van der Waals surface area contributed by atoms with Gasteiger partial charge in [0.05, 0.1) is 16.3 Å². The largest absolute Gasteiger partial charge is 0.430 e. The molecule has 0 saturated carbocycles. The van der Waals surface area contributed by atoms with E-state index in [-0.39, 0.29) is 22.3 Å². The summed E-state index contributed by atoms with van der Waals surface area (Å²) >= 11 is 5.96. The van der Waals surface area contributed by atoms with E-state index in [9.17, 15) is 35.5 Å². The lowest BCUT2D eigenvalue weighted by molar-refractivity contribution is -0.266. The van der Waals surface area contributed by atoms with Crippen LogP contribution in [0, 0.1) is 11.6 Å². The first kappa shape index (κ1) is 31.9. The van der Waals surface area contributed by atoms with Crippen LogP contribution in [0.15, 0.2) is 91.1 Å². The first-order valence-corrected chi connectivity index (χ1v) is 12.8. The van der Waals surface area contributed by atoms with Gasteiger partial charge in [0.1, 0.15) is 17.2 Å². The van der Waals surface area contributed by atoms with Crippen molar-refractivity contribution < 1.29 is 44.7 Å². The number of carbonyl (C=O) groups excluding carboxylic acids is 1. The zero-order valence-corrected chi connectivity index (χ0v) is 22.8. The van der Waals surface area contributed by atoms with Crippen molar-refractivity contribution in [2.75, 3.05) is 7.11 Å². The van der Waals surface area contributed by atoms with Crippen LogP contribution in [0.2, 0.25) is 5.02 Å². The maximum atomic E-state index is 15.0. The highest BCUT2D eigenvalue weighted by atomic mass is 35.5. The predicted molar refractivity (Wildman–Crippen MR) is 141 cm³/mol. The first-order valence-electron chi connectivity index (χ1n) is 12.4. The fraction of sp³-hybridized carbons (Fsp3) is 0.200. The van der Waals surface area contributed by atoms with Gasteiger partial charge in [0.15, 0.2) is 0 Å². The summed E-state index contributed by atoms with van der Waals surface area (Å²) in [5, 5.41) is 2.19. The quantitative estimate of drug-likeness (QED) is 0.203. The molecule has 0 aliphatic heterocycles. The van der Waals surface area contributed by atoms with Gasteiger partial charge in [-0.2, -0.15) is 26.3 Å². The molecule has 0 saturated heterocycles. The molecule has 4 rings (SSSR count). The fourth-order valence-electron chi connectivity index (χ4n) is 4.78. The maximum Gasteiger partial charge on any atom is 0.430 e. The van der Waals surface area contributed by atoms with E-state index >= 15 is 4.39 Å². The molecular weight excluding hydrogens is 608 g/mol. The monoisotopic (exact) mass is 628 g/mol. The molecule has 4 aromatic rings. The number of pyridine rings is 1. The molecule has 0 fully saturated rings. The highest BCUT2D eigenvalue weighted by molar-refractivity contribution is 6.30. The summed E-state index contributed by atoms with van der Waals surface area (Å²) in [5.41, 5.74) is -9.70. The van der Waals surface area contributed by atoms with Gasteiger partial charge < -0.3 is 10.1 Å². The van der Waals surface area contributed by atoms with Crippen LogP contribution in [0.25, 0.3) is 0 Å². The second-order valence-electron chi connectivity index (χ2n) is 9.46. The molecule has 2 atom stereocenters. The van der Waals surface area contributed by atoms with Crippen LogP contribution < -0.4 is 5.32 Å². The van der Waals surface area contributed by atoms with E-state index in [1.165, 1.54) is 42.5 Å². The third-order valence-corrected chi connectivity index (χ3v) is 7.05. The number of hydrogen-bond acceptors (Lipinski definition) is 3. The molecule has 1 N–H and O–H groups in total. The Kier molecular flexibility index (Phi) is 8.85. The number of nitrogens with one attached hydrogen (secondary N) is 1. The van der Waals surface area contributed by atoms with Crippen LogP contribution in [-0.2, 0) is 33.3 Å². The molecule has 226 valence electrons. The molecule has 0 spiro atoms. The molecule has 43 heavy (non-hydrogen) atoms. The van der Waals surface area contributed by atoms with Crippen molar-refractivity contribution >= 4 is 17.5 Å². The second kappa shape index (κ2) is 11.9. The molecule has 3 aromatic carbocycles. The van der Waals surface area contributed by atoms with Crippen molar-refractivity contribution in [3.8, 4) is 0 Å². The zero-order valence-electron chi connectivity index (χ0n) is 22.0. The Morgan fingerprint density at radius 3 is 2.02 bits per heavy atom. The number of carbonyl (C=O) groups is 1. The Labute approximate surface area is 245 Å². The smallest absolute Gasteiger partial charge is 0.356 e. The molecule has 0 radical (unpaired) electrons. The van der Waals surface area contributed by atoms with E-state index in [4.69, 9.17) is 16.3 Å². The minimum Gasteiger partial charge on any atom is -0.356 e. The third-order valence-electron chi connectivity index (χ3n) is 6.83. The van der Waals surface area contributed by atoms with E-state index in [1.807, 2.05) is 0 Å². The molecule has 0 unspecified atom stereocenters. The number of rotatable bonds is 8. The van der Waals surface area contributed by atoms with Gasteiger partial charge >= 0.3 is 12.4 Å². The molecule has 4 nitrogen and oxygen atoms in total. The highest BCUT2D eigenvalue weighted by Gasteiger charge is 2.64. The van der Waals surface area contributed by atoms with Gasteiger partial charge in [-0.25, -0.2) is 8.78 Å². The minimum atomic E-state index is -5.43. The number of benzene rings is 3. The van der Waals surface area contributed by atoms with Crippen molar-refractivity contribution in [2.24, 2.45) is 0 Å². The summed E-state index contributed by atoms with van der Waals surface area (Å²) in [4.78, 5) is 18.1. The number of methoxy groups -OCH3 is 1. The fourth-order valence-corrected chi connectivity index (χ4v) is 4.89. The van der Waals surface area contributed by atoms with Crippen LogP contribution >= 0.6 is 11.6 Å². The SMILES string of the molecule is CO[C@](C(=O)N[C@@](Cc1ccccc1F)(c1cc(F)cc(C(F)(F)F)c1)c1ccc(Cl)cn1)(c1ccccc1)C(F)(F)F. The lowest BCUT2D eigenvalue weighted by Gasteiger charge is -2.40. The van der Waals surface area contributed by atoms with Crippen LogP contribution in [0.4, 0.5) is 35.1 Å². The van der Waals surface area contributed by atoms with E-state index in [0.29, 0.717) is 19.2 Å². The molecule has 13 heteroatoms. The van der Waals surface area contributed by atoms with Crippen molar-refractivity contribution in [1.82, 2.24) is 10.3 Å². The Morgan fingerprint density at radius 1 is 0.837 bits per heavy atom. The summed E-state index contributed by atoms with van der Waals surface area (Å²) in [6, 6.07) is 14.2. The summed E-state index contributed by atoms with van der Waals surface area (Å²) < 4.78 is 121. The number of aromatic nitrogens is 1. The Bertz CT molecular complexity index is 1600. The van der Waals surface area contributed by atoms with Gasteiger partial charge in [0.25, 0.3) is 11.5 Å². The van der Waals surface area contributed by atoms with Gasteiger partial charge in [-0.05, 0) is 47.5 Å². The summed E-state index contributed by atoms with van der Waals surface area (Å²) in [6.45, 7) is 0. The first-order chi connectivity index (χ1) is 20.1. The second-order valence-corrected chi connectivity index (χ2v) is 9.90.